The minimum atomic E-state index is -0.624. The number of carbonyl (C=O) groups is 1. The molecule has 3 N–H and O–H groups in total. The van der Waals surface area contributed by atoms with Gasteiger partial charge in [0.1, 0.15) is 6.04 Å². The summed E-state index contributed by atoms with van der Waals surface area (Å²) in [5, 5.41) is 3.05. The van der Waals surface area contributed by atoms with Gasteiger partial charge in [0.05, 0.1) is 6.61 Å². The Bertz CT molecular complexity index is 424. The first-order valence-corrected chi connectivity index (χ1v) is 7.03. The van der Waals surface area contributed by atoms with Crippen molar-refractivity contribution in [2.75, 3.05) is 13.7 Å². The van der Waals surface area contributed by atoms with Crippen LogP contribution in [-0.2, 0) is 14.9 Å². The Morgan fingerprint density at radius 3 is 2.38 bits per heavy atom. The van der Waals surface area contributed by atoms with Crippen LogP contribution in [0.5, 0.6) is 0 Å². The van der Waals surface area contributed by atoms with E-state index >= 15 is 0 Å². The van der Waals surface area contributed by atoms with E-state index in [1.165, 1.54) is 5.56 Å². The number of hydrogen-bond donors (Lipinski definition) is 2. The van der Waals surface area contributed by atoms with Crippen molar-refractivity contribution in [3.05, 3.63) is 35.9 Å². The minimum absolute atomic E-state index is 0. The molecule has 0 saturated heterocycles. The number of ether oxygens (including phenoxy) is 1. The van der Waals surface area contributed by atoms with E-state index in [0.29, 0.717) is 0 Å². The second-order valence-electron chi connectivity index (χ2n) is 5.62. The quantitative estimate of drug-likeness (QED) is 0.811. The van der Waals surface area contributed by atoms with Crippen LogP contribution >= 0.6 is 12.4 Å². The third-order valence-electron chi connectivity index (χ3n) is 3.80. The van der Waals surface area contributed by atoms with Gasteiger partial charge in [-0.2, -0.15) is 0 Å². The van der Waals surface area contributed by atoms with Gasteiger partial charge in [0.25, 0.3) is 0 Å². The third kappa shape index (κ3) is 5.30. The van der Waals surface area contributed by atoms with Gasteiger partial charge in [-0.05, 0) is 12.0 Å². The zero-order chi connectivity index (χ0) is 15.2. The first kappa shape index (κ1) is 19.9. The highest BCUT2D eigenvalue weighted by Crippen LogP contribution is 2.28. The molecule has 0 aliphatic carbocycles. The molecular formula is C16H27ClN2O2. The molecule has 1 rings (SSSR count). The fourth-order valence-corrected chi connectivity index (χ4v) is 2.40. The average Bonchev–Trinajstić information content (AvgIpc) is 2.45. The SMILES string of the molecule is CCC(NC(=O)C(N)COC)C(C)(C)c1ccccc1.Cl. The van der Waals surface area contributed by atoms with Crippen molar-refractivity contribution >= 4 is 18.3 Å². The molecular weight excluding hydrogens is 288 g/mol. The molecule has 1 aromatic rings. The summed E-state index contributed by atoms with van der Waals surface area (Å²) in [7, 11) is 1.54. The molecule has 0 heterocycles. The molecule has 0 aliphatic heterocycles. The highest BCUT2D eigenvalue weighted by molar-refractivity contribution is 5.85. The Kier molecular flexibility index (Phi) is 8.55. The van der Waals surface area contributed by atoms with Crippen LogP contribution in [0, 0.1) is 0 Å². The highest BCUT2D eigenvalue weighted by atomic mass is 35.5. The van der Waals surface area contributed by atoms with E-state index in [0.717, 1.165) is 6.42 Å². The fourth-order valence-electron chi connectivity index (χ4n) is 2.40. The minimum Gasteiger partial charge on any atom is -0.383 e. The lowest BCUT2D eigenvalue weighted by atomic mass is 9.76. The van der Waals surface area contributed by atoms with Gasteiger partial charge in [-0.3, -0.25) is 4.79 Å². The second kappa shape index (κ2) is 9.03. The maximum Gasteiger partial charge on any atom is 0.239 e. The van der Waals surface area contributed by atoms with Gasteiger partial charge in [0.15, 0.2) is 0 Å². The van der Waals surface area contributed by atoms with Crippen LogP contribution < -0.4 is 11.1 Å². The topological polar surface area (TPSA) is 64.4 Å². The zero-order valence-electron chi connectivity index (χ0n) is 13.3. The number of nitrogens with one attached hydrogen (secondary N) is 1. The Morgan fingerprint density at radius 2 is 1.90 bits per heavy atom. The van der Waals surface area contributed by atoms with Crippen molar-refractivity contribution < 1.29 is 9.53 Å². The summed E-state index contributed by atoms with van der Waals surface area (Å²) >= 11 is 0. The second-order valence-corrected chi connectivity index (χ2v) is 5.62. The van der Waals surface area contributed by atoms with E-state index in [2.05, 4.69) is 38.2 Å². The van der Waals surface area contributed by atoms with Crippen molar-refractivity contribution in [2.24, 2.45) is 5.73 Å². The summed E-state index contributed by atoms with van der Waals surface area (Å²) in [6, 6.07) is 9.60. The predicted molar refractivity (Wildman–Crippen MR) is 88.8 cm³/mol. The molecule has 1 aromatic carbocycles. The largest absolute Gasteiger partial charge is 0.383 e. The number of nitrogens with two attached hydrogens (primary N) is 1. The van der Waals surface area contributed by atoms with Crippen molar-refractivity contribution in [3.8, 4) is 0 Å². The van der Waals surface area contributed by atoms with Crippen LogP contribution in [0.2, 0.25) is 0 Å². The molecule has 0 aliphatic rings. The third-order valence-corrected chi connectivity index (χ3v) is 3.80. The van der Waals surface area contributed by atoms with Gasteiger partial charge >= 0.3 is 0 Å². The Labute approximate surface area is 133 Å². The number of halogens is 1. The lowest BCUT2D eigenvalue weighted by molar-refractivity contribution is -0.124. The molecule has 4 nitrogen and oxygen atoms in total. The molecule has 0 spiro atoms. The van der Waals surface area contributed by atoms with Crippen molar-refractivity contribution in [3.63, 3.8) is 0 Å². The van der Waals surface area contributed by atoms with E-state index < -0.39 is 6.04 Å². The van der Waals surface area contributed by atoms with E-state index in [1.54, 1.807) is 7.11 Å². The van der Waals surface area contributed by atoms with Gasteiger partial charge in [-0.1, -0.05) is 51.1 Å². The van der Waals surface area contributed by atoms with Gasteiger partial charge in [0.2, 0.25) is 5.91 Å². The Balaban J connectivity index is 0.00000400. The lowest BCUT2D eigenvalue weighted by Crippen LogP contribution is -2.53. The summed E-state index contributed by atoms with van der Waals surface area (Å²) in [6.07, 6.45) is 0.841. The first-order chi connectivity index (χ1) is 9.43. The van der Waals surface area contributed by atoms with Crippen LogP contribution in [0.15, 0.2) is 30.3 Å². The Morgan fingerprint density at radius 1 is 1.33 bits per heavy atom. The van der Waals surface area contributed by atoms with Crippen LogP contribution in [0.3, 0.4) is 0 Å². The number of amides is 1. The number of rotatable bonds is 7. The van der Waals surface area contributed by atoms with Crippen LogP contribution in [0.25, 0.3) is 0 Å². The zero-order valence-corrected chi connectivity index (χ0v) is 14.1. The van der Waals surface area contributed by atoms with Gasteiger partial charge in [0, 0.05) is 18.6 Å². The molecule has 2 atom stereocenters. The average molecular weight is 315 g/mol. The summed E-state index contributed by atoms with van der Waals surface area (Å²) in [5.41, 5.74) is 6.82. The number of benzene rings is 1. The molecule has 120 valence electrons. The van der Waals surface area contributed by atoms with E-state index in [4.69, 9.17) is 10.5 Å². The van der Waals surface area contributed by atoms with Crippen LogP contribution in [-0.4, -0.2) is 31.7 Å². The van der Waals surface area contributed by atoms with Crippen LogP contribution in [0.4, 0.5) is 0 Å². The van der Waals surface area contributed by atoms with Crippen molar-refractivity contribution in [1.29, 1.82) is 0 Å². The molecule has 1 amide bonds. The van der Waals surface area contributed by atoms with E-state index in [9.17, 15) is 4.79 Å². The van der Waals surface area contributed by atoms with E-state index in [-0.39, 0.29) is 36.4 Å². The molecule has 0 fully saturated rings. The molecule has 21 heavy (non-hydrogen) atoms. The summed E-state index contributed by atoms with van der Waals surface area (Å²) < 4.78 is 4.92. The summed E-state index contributed by atoms with van der Waals surface area (Å²) in [6.45, 7) is 6.57. The summed E-state index contributed by atoms with van der Waals surface area (Å²) in [4.78, 5) is 12.1. The monoisotopic (exact) mass is 314 g/mol. The van der Waals surface area contributed by atoms with Gasteiger partial charge in [-0.25, -0.2) is 0 Å². The molecule has 0 radical (unpaired) electrons. The van der Waals surface area contributed by atoms with Gasteiger partial charge in [-0.15, -0.1) is 12.4 Å². The Hall–Kier alpha value is -1.10. The molecule has 0 aromatic heterocycles. The highest BCUT2D eigenvalue weighted by Gasteiger charge is 2.32. The summed E-state index contributed by atoms with van der Waals surface area (Å²) in [5.74, 6) is -0.164. The standard InChI is InChI=1S/C16H26N2O2.ClH/c1-5-14(18-15(19)13(17)11-20-4)16(2,3)12-9-7-6-8-10-12;/h6-10,13-14H,5,11,17H2,1-4H3,(H,18,19);1H. The van der Waals surface area contributed by atoms with Gasteiger partial charge < -0.3 is 15.8 Å². The number of carbonyl (C=O) groups excluding carboxylic acids is 1. The maximum atomic E-state index is 12.1. The molecule has 5 heteroatoms. The lowest BCUT2D eigenvalue weighted by Gasteiger charge is -2.35. The molecule has 2 unspecified atom stereocenters. The fraction of sp³-hybridized carbons (Fsp3) is 0.562. The van der Waals surface area contributed by atoms with Crippen molar-refractivity contribution in [1.82, 2.24) is 5.32 Å². The molecule has 0 saturated carbocycles. The van der Waals surface area contributed by atoms with E-state index in [1.807, 2.05) is 18.2 Å². The van der Waals surface area contributed by atoms with Crippen LogP contribution in [0.1, 0.15) is 32.8 Å². The predicted octanol–water partition coefficient (Wildman–Crippen LogP) is 2.25. The normalized spacial score (nSPS) is 14.0. The molecule has 0 bridgehead atoms. The first-order valence-electron chi connectivity index (χ1n) is 7.03. The number of methoxy groups -OCH3 is 1. The smallest absolute Gasteiger partial charge is 0.239 e. The maximum absolute atomic E-state index is 12.1. The number of hydrogen-bond acceptors (Lipinski definition) is 3. The van der Waals surface area contributed by atoms with Crippen molar-refractivity contribution in [2.45, 2.75) is 44.7 Å².